The van der Waals surface area contributed by atoms with Gasteiger partial charge in [0, 0.05) is 20.4 Å². The van der Waals surface area contributed by atoms with Gasteiger partial charge in [0.15, 0.2) is 0 Å². The zero-order chi connectivity index (χ0) is 11.5. The molecular formula is C13H21NO. The molecule has 0 atom stereocenters. The highest BCUT2D eigenvalue weighted by molar-refractivity contribution is 5.34. The molecule has 84 valence electrons. The minimum absolute atomic E-state index is 1.14. The lowest BCUT2D eigenvalue weighted by Gasteiger charge is -1.95. The SMILES string of the molecule is C1=c2cccnc2=CCC1.CC.COC. The summed E-state index contributed by atoms with van der Waals surface area (Å²) in [5, 5.41) is 2.43. The van der Waals surface area contributed by atoms with Gasteiger partial charge in [-0.15, -0.1) is 0 Å². The molecule has 0 aromatic carbocycles. The summed E-state index contributed by atoms with van der Waals surface area (Å²) in [6.45, 7) is 4.00. The fraction of sp³-hybridized carbons (Fsp3) is 0.462. The van der Waals surface area contributed by atoms with Crippen molar-refractivity contribution in [3.63, 3.8) is 0 Å². The Hall–Kier alpha value is -1.15. The van der Waals surface area contributed by atoms with Gasteiger partial charge >= 0.3 is 0 Å². The summed E-state index contributed by atoms with van der Waals surface area (Å²) < 4.78 is 4.25. The van der Waals surface area contributed by atoms with E-state index in [-0.39, 0.29) is 0 Å². The second-order valence-corrected chi connectivity index (χ2v) is 2.87. The predicted molar refractivity (Wildman–Crippen MR) is 65.9 cm³/mol. The monoisotopic (exact) mass is 207 g/mol. The van der Waals surface area contributed by atoms with E-state index in [0.717, 1.165) is 11.8 Å². The van der Waals surface area contributed by atoms with Crippen molar-refractivity contribution in [2.75, 3.05) is 14.2 Å². The van der Waals surface area contributed by atoms with Crippen molar-refractivity contribution in [3.8, 4) is 0 Å². The summed E-state index contributed by atoms with van der Waals surface area (Å²) >= 11 is 0. The maximum atomic E-state index is 4.25. The maximum absolute atomic E-state index is 4.25. The summed E-state index contributed by atoms with van der Waals surface area (Å²) in [6.07, 6.45) is 8.58. The van der Waals surface area contributed by atoms with Crippen LogP contribution in [0.4, 0.5) is 0 Å². The van der Waals surface area contributed by atoms with E-state index in [2.05, 4.69) is 27.9 Å². The van der Waals surface area contributed by atoms with E-state index in [9.17, 15) is 0 Å². The second kappa shape index (κ2) is 9.41. The Morgan fingerprint density at radius 1 is 1.13 bits per heavy atom. The van der Waals surface area contributed by atoms with E-state index < -0.39 is 0 Å². The molecule has 1 aromatic heterocycles. The number of hydrogen-bond donors (Lipinski definition) is 0. The number of methoxy groups -OCH3 is 1. The average Bonchev–Trinajstić information content (AvgIpc) is 2.33. The van der Waals surface area contributed by atoms with Crippen molar-refractivity contribution in [1.82, 2.24) is 4.98 Å². The van der Waals surface area contributed by atoms with Crippen LogP contribution in [0.15, 0.2) is 18.3 Å². The van der Waals surface area contributed by atoms with Crippen LogP contribution in [0.2, 0.25) is 0 Å². The lowest BCUT2D eigenvalue weighted by atomic mass is 10.1. The van der Waals surface area contributed by atoms with Crippen molar-refractivity contribution in [2.45, 2.75) is 26.7 Å². The minimum Gasteiger partial charge on any atom is -0.388 e. The summed E-state index contributed by atoms with van der Waals surface area (Å²) in [5.74, 6) is 0. The Labute approximate surface area is 92.3 Å². The number of pyridine rings is 1. The third kappa shape index (κ3) is 5.33. The third-order valence-corrected chi connectivity index (χ3v) is 1.74. The molecule has 0 spiro atoms. The molecule has 1 aliphatic carbocycles. The van der Waals surface area contributed by atoms with Crippen LogP contribution in [-0.4, -0.2) is 19.2 Å². The first-order valence-electron chi connectivity index (χ1n) is 5.40. The summed E-state index contributed by atoms with van der Waals surface area (Å²) in [5.41, 5.74) is 0. The van der Waals surface area contributed by atoms with E-state index in [4.69, 9.17) is 0 Å². The van der Waals surface area contributed by atoms with Crippen LogP contribution in [0.5, 0.6) is 0 Å². The molecule has 2 nitrogen and oxygen atoms in total. The van der Waals surface area contributed by atoms with Gasteiger partial charge in [-0.25, -0.2) is 0 Å². The molecule has 0 fully saturated rings. The van der Waals surface area contributed by atoms with Gasteiger partial charge < -0.3 is 4.74 Å². The van der Waals surface area contributed by atoms with Gasteiger partial charge in [0.2, 0.25) is 0 Å². The summed E-state index contributed by atoms with van der Waals surface area (Å²) in [6, 6.07) is 4.09. The van der Waals surface area contributed by atoms with Gasteiger partial charge in [-0.3, -0.25) is 4.98 Å². The molecule has 2 heteroatoms. The van der Waals surface area contributed by atoms with E-state index >= 15 is 0 Å². The topological polar surface area (TPSA) is 22.1 Å². The fourth-order valence-electron chi connectivity index (χ4n) is 1.23. The van der Waals surface area contributed by atoms with Crippen LogP contribution in [0.1, 0.15) is 26.7 Å². The molecule has 0 aliphatic heterocycles. The number of fused-ring (bicyclic) bond motifs is 1. The van der Waals surface area contributed by atoms with Crippen LogP contribution in [0.25, 0.3) is 12.2 Å². The molecule has 0 radical (unpaired) electrons. The second-order valence-electron chi connectivity index (χ2n) is 2.87. The van der Waals surface area contributed by atoms with Gasteiger partial charge in [0.05, 0.1) is 5.35 Å². The molecule has 1 aliphatic rings. The molecule has 0 amide bonds. The third-order valence-electron chi connectivity index (χ3n) is 1.74. The highest BCUT2D eigenvalue weighted by Crippen LogP contribution is 1.92. The molecule has 15 heavy (non-hydrogen) atoms. The Balaban J connectivity index is 0.000000342. The van der Waals surface area contributed by atoms with Gasteiger partial charge in [0.25, 0.3) is 0 Å². The molecule has 0 saturated carbocycles. The van der Waals surface area contributed by atoms with E-state index in [1.54, 1.807) is 14.2 Å². The molecule has 0 N–H and O–H groups in total. The van der Waals surface area contributed by atoms with Crippen molar-refractivity contribution in [1.29, 1.82) is 0 Å². The zero-order valence-corrected chi connectivity index (χ0v) is 10.2. The number of ether oxygens (including phenoxy) is 1. The van der Waals surface area contributed by atoms with E-state index in [0.29, 0.717) is 0 Å². The van der Waals surface area contributed by atoms with E-state index in [1.807, 2.05) is 26.1 Å². The Morgan fingerprint density at radius 2 is 1.73 bits per heavy atom. The van der Waals surface area contributed by atoms with Crippen LogP contribution in [0.3, 0.4) is 0 Å². The molecule has 0 unspecified atom stereocenters. The molecule has 1 aromatic rings. The van der Waals surface area contributed by atoms with Crippen molar-refractivity contribution in [3.05, 3.63) is 28.9 Å². The number of hydrogen-bond acceptors (Lipinski definition) is 2. The highest BCUT2D eigenvalue weighted by Gasteiger charge is 1.90. The Bertz CT molecular complexity index is 322. The van der Waals surface area contributed by atoms with Crippen LogP contribution >= 0.6 is 0 Å². The van der Waals surface area contributed by atoms with Crippen molar-refractivity contribution in [2.24, 2.45) is 0 Å². The number of aromatic nitrogens is 1. The molecule has 0 bridgehead atoms. The van der Waals surface area contributed by atoms with Gasteiger partial charge in [-0.05, 0) is 24.1 Å². The standard InChI is InChI=1S/C9H9N.C2H6O.C2H6/c1-2-6-9-8(4-1)5-3-7-10-9;1-3-2;1-2/h3-7H,1-2H2;1-2H3;1-2H3. The summed E-state index contributed by atoms with van der Waals surface area (Å²) in [4.78, 5) is 4.23. The quantitative estimate of drug-likeness (QED) is 0.646. The number of rotatable bonds is 0. The zero-order valence-electron chi connectivity index (χ0n) is 10.2. The highest BCUT2D eigenvalue weighted by atomic mass is 16.4. The first-order valence-corrected chi connectivity index (χ1v) is 5.40. The summed E-state index contributed by atoms with van der Waals surface area (Å²) in [7, 11) is 3.25. The van der Waals surface area contributed by atoms with Crippen molar-refractivity contribution >= 4 is 12.2 Å². The predicted octanol–water partition coefficient (Wildman–Crippen LogP) is 1.73. The lowest BCUT2D eigenvalue weighted by Crippen LogP contribution is -2.28. The first-order chi connectivity index (χ1) is 7.38. The van der Waals surface area contributed by atoms with Crippen molar-refractivity contribution < 1.29 is 4.74 Å². The van der Waals surface area contributed by atoms with E-state index in [1.165, 1.54) is 11.6 Å². The van der Waals surface area contributed by atoms with Gasteiger partial charge in [0.1, 0.15) is 0 Å². The molecular weight excluding hydrogens is 186 g/mol. The largest absolute Gasteiger partial charge is 0.388 e. The first kappa shape index (κ1) is 13.8. The Morgan fingerprint density at radius 3 is 2.33 bits per heavy atom. The van der Waals surface area contributed by atoms with Gasteiger partial charge in [-0.1, -0.05) is 32.1 Å². The van der Waals surface area contributed by atoms with Crippen LogP contribution < -0.4 is 10.6 Å². The molecule has 2 rings (SSSR count). The normalized spacial score (nSPS) is 11.5. The number of nitrogens with zero attached hydrogens (tertiary/aromatic N) is 1. The Kier molecular flexibility index (Phi) is 8.69. The van der Waals surface area contributed by atoms with Gasteiger partial charge in [-0.2, -0.15) is 0 Å². The lowest BCUT2D eigenvalue weighted by molar-refractivity contribution is 0.277. The fourth-order valence-corrected chi connectivity index (χ4v) is 1.23. The maximum Gasteiger partial charge on any atom is 0.0659 e. The molecule has 1 heterocycles. The average molecular weight is 207 g/mol. The van der Waals surface area contributed by atoms with Crippen LogP contribution in [0, 0.1) is 0 Å². The minimum atomic E-state index is 1.14. The van der Waals surface area contributed by atoms with Crippen LogP contribution in [-0.2, 0) is 4.74 Å². The molecule has 0 saturated heterocycles. The smallest absolute Gasteiger partial charge is 0.0659 e.